The second-order valence-corrected chi connectivity index (χ2v) is 19.3. The molecule has 0 aliphatic heterocycles. The lowest BCUT2D eigenvalue weighted by molar-refractivity contribution is -0.412. The molecule has 0 heterocycles. The third-order valence-corrected chi connectivity index (χ3v) is 11.0. The lowest BCUT2D eigenvalue weighted by atomic mass is 9.79. The molecule has 4 rings (SSSR count). The standard InChI is InChI=1S/C42H56O3P2/c1-39(2,3)31-23-29(27-46-33-19-15-13-16-20-33)37(35(25-31)41(7,8)9)43-45-44-38-30(28-47-34-21-17-14-18-22-34)24-32(40(4,5)6)26-36(38)42(10,11)12/h13-26,46-47H,27-28H2,1-12H3. The van der Waals surface area contributed by atoms with Crippen LogP contribution in [0.5, 0.6) is 11.5 Å². The summed E-state index contributed by atoms with van der Waals surface area (Å²) in [4.78, 5) is 12.6. The molecule has 4 aromatic rings. The van der Waals surface area contributed by atoms with E-state index in [4.69, 9.17) is 14.8 Å². The molecular weight excluding hydrogens is 614 g/mol. The minimum absolute atomic E-state index is 0.00859. The summed E-state index contributed by atoms with van der Waals surface area (Å²) in [5.74, 6) is 1.51. The van der Waals surface area contributed by atoms with E-state index in [0.29, 0.717) is 17.2 Å². The minimum atomic E-state index is -0.169. The van der Waals surface area contributed by atoms with Crippen LogP contribution in [0.2, 0.25) is 0 Å². The fourth-order valence-electron chi connectivity index (χ4n) is 5.41. The van der Waals surface area contributed by atoms with Gasteiger partial charge in [0.1, 0.15) is 0 Å². The predicted molar refractivity (Wildman–Crippen MR) is 206 cm³/mol. The van der Waals surface area contributed by atoms with Crippen LogP contribution in [0.4, 0.5) is 0 Å². The zero-order valence-corrected chi connectivity index (χ0v) is 32.7. The van der Waals surface area contributed by atoms with Gasteiger partial charge in [0.2, 0.25) is 0 Å². The van der Waals surface area contributed by atoms with E-state index in [1.807, 2.05) is 0 Å². The molecule has 0 spiro atoms. The highest BCUT2D eigenvalue weighted by Gasteiger charge is 2.29. The third-order valence-electron chi connectivity index (χ3n) is 8.43. The van der Waals surface area contributed by atoms with E-state index in [2.05, 4.69) is 168 Å². The second-order valence-electron chi connectivity index (χ2n) is 16.7. The van der Waals surface area contributed by atoms with Crippen LogP contribution >= 0.6 is 17.2 Å². The number of rotatable bonds is 10. The predicted octanol–water partition coefficient (Wildman–Crippen LogP) is 11.2. The highest BCUT2D eigenvalue weighted by molar-refractivity contribution is 7.46. The number of hydrogen-bond acceptors (Lipinski definition) is 3. The first-order chi connectivity index (χ1) is 21.8. The van der Waals surface area contributed by atoms with Crippen molar-refractivity contribution >= 4 is 27.8 Å². The molecule has 0 aromatic heterocycles. The van der Waals surface area contributed by atoms with Gasteiger partial charge >= 0.3 is 0 Å². The molecule has 5 heteroatoms. The molecule has 47 heavy (non-hydrogen) atoms. The summed E-state index contributed by atoms with van der Waals surface area (Å²) in [5.41, 5.74) is 6.74. The summed E-state index contributed by atoms with van der Waals surface area (Å²) in [6.07, 6.45) is 1.71. The Bertz CT molecular complexity index is 1490. The van der Waals surface area contributed by atoms with Crippen LogP contribution in [0, 0.1) is 0 Å². The van der Waals surface area contributed by atoms with Gasteiger partial charge in [-0.25, -0.2) is 0 Å². The van der Waals surface area contributed by atoms with Gasteiger partial charge in [-0.3, -0.25) is 9.78 Å². The van der Waals surface area contributed by atoms with Crippen LogP contribution < -0.4 is 20.4 Å². The van der Waals surface area contributed by atoms with E-state index in [9.17, 15) is 0 Å². The Morgan fingerprint density at radius 1 is 0.447 bits per heavy atom. The molecule has 0 aliphatic rings. The van der Waals surface area contributed by atoms with Gasteiger partial charge in [0.25, 0.3) is 0 Å². The Labute approximate surface area is 288 Å². The quantitative estimate of drug-likeness (QED) is 0.0955. The number of benzene rings is 4. The molecule has 0 saturated carbocycles. The molecule has 0 saturated heterocycles. The van der Waals surface area contributed by atoms with Crippen molar-refractivity contribution in [1.29, 1.82) is 0 Å². The van der Waals surface area contributed by atoms with Crippen LogP contribution in [0.1, 0.15) is 116 Å². The molecule has 2 unspecified atom stereocenters. The van der Waals surface area contributed by atoms with Gasteiger partial charge in [0, 0.05) is 27.3 Å². The molecule has 3 nitrogen and oxygen atoms in total. The lowest BCUT2D eigenvalue weighted by Crippen LogP contribution is -2.21. The van der Waals surface area contributed by atoms with E-state index in [1.54, 1.807) is 0 Å². The van der Waals surface area contributed by atoms with E-state index >= 15 is 0 Å². The molecule has 2 atom stereocenters. The Kier molecular flexibility index (Phi) is 11.7. The Balaban J connectivity index is 1.75. The fraction of sp³-hybridized carbons (Fsp3) is 0.429. The van der Waals surface area contributed by atoms with E-state index in [-0.39, 0.29) is 21.7 Å². The Morgan fingerprint density at radius 3 is 1.09 bits per heavy atom. The van der Waals surface area contributed by atoms with Crippen molar-refractivity contribution in [3.63, 3.8) is 0 Å². The number of hydrogen-bond donors (Lipinski definition) is 0. The molecule has 0 bridgehead atoms. The molecular formula is C42H56O3P2. The smallest absolute Gasteiger partial charge is 0.176 e. The van der Waals surface area contributed by atoms with Gasteiger partial charge in [-0.05, 0) is 55.7 Å². The maximum Gasteiger partial charge on any atom is 0.176 e. The normalized spacial score (nSPS) is 13.2. The average molecular weight is 671 g/mol. The molecule has 0 N–H and O–H groups in total. The van der Waals surface area contributed by atoms with Crippen LogP contribution in [-0.2, 0) is 39.0 Å². The first-order valence-corrected chi connectivity index (χ1v) is 19.2. The summed E-state index contributed by atoms with van der Waals surface area (Å²) >= 11 is 0. The Morgan fingerprint density at radius 2 is 0.787 bits per heavy atom. The molecule has 0 aliphatic carbocycles. The SMILES string of the molecule is CC(C)(C)c1cc(CPc2ccccc2)c(OOOc2c(CPc3ccccc3)cc(C(C)(C)C)cc2C(C)(C)C)c(C(C)(C)C)c1. The summed E-state index contributed by atoms with van der Waals surface area (Å²) in [7, 11) is 1.22. The maximum absolute atomic E-state index is 6.32. The Hall–Kier alpha value is -2.70. The van der Waals surface area contributed by atoms with Crippen LogP contribution in [0.3, 0.4) is 0 Å². The van der Waals surface area contributed by atoms with Crippen LogP contribution in [-0.4, -0.2) is 0 Å². The summed E-state index contributed by atoms with van der Waals surface area (Å²) in [6, 6.07) is 30.5. The van der Waals surface area contributed by atoms with Crippen LogP contribution in [0.15, 0.2) is 84.9 Å². The van der Waals surface area contributed by atoms with Crippen molar-refractivity contribution in [3.8, 4) is 11.5 Å². The third kappa shape index (κ3) is 10.2. The van der Waals surface area contributed by atoms with Crippen molar-refractivity contribution < 1.29 is 14.8 Å². The summed E-state index contributed by atoms with van der Waals surface area (Å²) < 4.78 is 0. The summed E-state index contributed by atoms with van der Waals surface area (Å²) in [6.45, 7) is 27.0. The molecule has 4 aromatic carbocycles. The van der Waals surface area contributed by atoms with Gasteiger partial charge in [-0.15, -0.1) is 0 Å². The molecule has 0 fully saturated rings. The zero-order valence-electron chi connectivity index (χ0n) is 30.7. The second kappa shape index (κ2) is 14.8. The van der Waals surface area contributed by atoms with Crippen LogP contribution in [0.25, 0.3) is 0 Å². The van der Waals surface area contributed by atoms with Crippen molar-refractivity contribution in [2.24, 2.45) is 0 Å². The maximum atomic E-state index is 6.32. The zero-order chi connectivity index (χ0) is 34.6. The lowest BCUT2D eigenvalue weighted by Gasteiger charge is -2.29. The van der Waals surface area contributed by atoms with Gasteiger partial charge in [0.15, 0.2) is 11.5 Å². The van der Waals surface area contributed by atoms with Crippen molar-refractivity contribution in [3.05, 3.63) is 118 Å². The van der Waals surface area contributed by atoms with Crippen molar-refractivity contribution in [2.75, 3.05) is 0 Å². The van der Waals surface area contributed by atoms with Gasteiger partial charge in [-0.1, -0.05) is 185 Å². The minimum Gasteiger partial charge on any atom is -0.299 e. The largest absolute Gasteiger partial charge is 0.299 e. The van der Waals surface area contributed by atoms with E-state index in [0.717, 1.165) is 46.1 Å². The van der Waals surface area contributed by atoms with Gasteiger partial charge < -0.3 is 0 Å². The fourth-order valence-corrected chi connectivity index (χ4v) is 7.58. The topological polar surface area (TPSA) is 27.7 Å². The average Bonchev–Trinajstić information content (AvgIpc) is 2.98. The van der Waals surface area contributed by atoms with Crippen molar-refractivity contribution in [2.45, 2.75) is 117 Å². The van der Waals surface area contributed by atoms with Gasteiger partial charge in [-0.2, -0.15) is 0 Å². The van der Waals surface area contributed by atoms with E-state index < -0.39 is 0 Å². The van der Waals surface area contributed by atoms with Crippen molar-refractivity contribution in [1.82, 2.24) is 0 Å². The highest BCUT2D eigenvalue weighted by atomic mass is 31.1. The molecule has 252 valence electrons. The van der Waals surface area contributed by atoms with E-state index in [1.165, 1.54) is 21.7 Å². The molecule has 0 radical (unpaired) electrons. The highest BCUT2D eigenvalue weighted by Crippen LogP contribution is 2.43. The first kappa shape index (κ1) is 37.1. The van der Waals surface area contributed by atoms with Gasteiger partial charge in [0.05, 0.1) is 0 Å². The summed E-state index contributed by atoms with van der Waals surface area (Å²) in [5, 5.41) is 8.57. The first-order valence-electron chi connectivity index (χ1n) is 16.8. The molecule has 0 amide bonds. The monoisotopic (exact) mass is 670 g/mol.